The summed E-state index contributed by atoms with van der Waals surface area (Å²) in [5.41, 5.74) is 3.08. The maximum Gasteiger partial charge on any atom is 0.262 e. The van der Waals surface area contributed by atoms with Crippen molar-refractivity contribution in [3.8, 4) is 5.75 Å². The van der Waals surface area contributed by atoms with Crippen molar-refractivity contribution in [3.05, 3.63) is 54.1 Å². The van der Waals surface area contributed by atoms with Crippen LogP contribution in [0.3, 0.4) is 0 Å². The molecule has 0 aliphatic carbocycles. The Labute approximate surface area is 142 Å². The van der Waals surface area contributed by atoms with Crippen LogP contribution < -0.4 is 20.3 Å². The SMILES string of the molecule is Cc1cccc(OCC(=O)Nc2ccc(N3CCNCC3)cc2)c1. The van der Waals surface area contributed by atoms with Gasteiger partial charge in [0.05, 0.1) is 0 Å². The molecule has 0 aromatic heterocycles. The van der Waals surface area contributed by atoms with E-state index in [0.717, 1.165) is 37.4 Å². The molecule has 2 aromatic rings. The Hall–Kier alpha value is -2.53. The number of aryl methyl sites for hydroxylation is 1. The van der Waals surface area contributed by atoms with Crippen LogP contribution in [-0.4, -0.2) is 38.7 Å². The van der Waals surface area contributed by atoms with E-state index in [4.69, 9.17) is 4.74 Å². The molecule has 1 fully saturated rings. The molecule has 2 aromatic carbocycles. The van der Waals surface area contributed by atoms with Crippen molar-refractivity contribution in [2.75, 3.05) is 43.0 Å². The summed E-state index contributed by atoms with van der Waals surface area (Å²) in [6, 6.07) is 15.6. The number of carbonyl (C=O) groups is 1. The van der Waals surface area contributed by atoms with Gasteiger partial charge in [-0.1, -0.05) is 12.1 Å². The van der Waals surface area contributed by atoms with Gasteiger partial charge in [-0.05, 0) is 48.9 Å². The summed E-state index contributed by atoms with van der Waals surface area (Å²) in [4.78, 5) is 14.3. The highest BCUT2D eigenvalue weighted by atomic mass is 16.5. The zero-order valence-electron chi connectivity index (χ0n) is 13.9. The van der Waals surface area contributed by atoms with Gasteiger partial charge in [0.25, 0.3) is 5.91 Å². The molecule has 0 spiro atoms. The molecule has 24 heavy (non-hydrogen) atoms. The van der Waals surface area contributed by atoms with Gasteiger partial charge in [-0.2, -0.15) is 0 Å². The molecule has 3 rings (SSSR count). The third kappa shape index (κ3) is 4.49. The molecular formula is C19H23N3O2. The molecule has 2 N–H and O–H groups in total. The van der Waals surface area contributed by atoms with Crippen molar-refractivity contribution in [2.45, 2.75) is 6.92 Å². The molecule has 0 unspecified atom stereocenters. The number of ether oxygens (including phenoxy) is 1. The van der Waals surface area contributed by atoms with Crippen molar-refractivity contribution in [1.82, 2.24) is 5.32 Å². The Bertz CT molecular complexity index is 679. The third-order valence-corrected chi connectivity index (χ3v) is 3.99. The van der Waals surface area contributed by atoms with Crippen molar-refractivity contribution in [1.29, 1.82) is 0 Å². The van der Waals surface area contributed by atoms with Gasteiger partial charge in [0, 0.05) is 37.6 Å². The first-order valence-corrected chi connectivity index (χ1v) is 8.26. The molecule has 0 bridgehead atoms. The Balaban J connectivity index is 1.50. The number of benzene rings is 2. The lowest BCUT2D eigenvalue weighted by molar-refractivity contribution is -0.118. The minimum absolute atomic E-state index is 0.00298. The zero-order valence-corrected chi connectivity index (χ0v) is 13.9. The van der Waals surface area contributed by atoms with E-state index in [0.29, 0.717) is 5.75 Å². The number of amides is 1. The average molecular weight is 325 g/mol. The molecular weight excluding hydrogens is 302 g/mol. The highest BCUT2D eigenvalue weighted by Gasteiger charge is 2.10. The van der Waals surface area contributed by atoms with Gasteiger partial charge in [-0.3, -0.25) is 4.79 Å². The molecule has 0 radical (unpaired) electrons. The van der Waals surface area contributed by atoms with Gasteiger partial charge in [0.15, 0.2) is 6.61 Å². The second-order valence-corrected chi connectivity index (χ2v) is 5.94. The fourth-order valence-electron chi connectivity index (χ4n) is 2.73. The Morgan fingerprint density at radius 1 is 1.17 bits per heavy atom. The van der Waals surface area contributed by atoms with E-state index >= 15 is 0 Å². The van der Waals surface area contributed by atoms with Crippen LogP contribution in [0.15, 0.2) is 48.5 Å². The number of hydrogen-bond donors (Lipinski definition) is 2. The molecule has 1 aliphatic rings. The van der Waals surface area contributed by atoms with Gasteiger partial charge in [0.2, 0.25) is 0 Å². The lowest BCUT2D eigenvalue weighted by Gasteiger charge is -2.29. The number of anilines is 2. The van der Waals surface area contributed by atoms with Crippen molar-refractivity contribution in [2.24, 2.45) is 0 Å². The van der Waals surface area contributed by atoms with Crippen LogP contribution in [0.25, 0.3) is 0 Å². The van der Waals surface area contributed by atoms with Crippen LogP contribution >= 0.6 is 0 Å². The number of carbonyl (C=O) groups excluding carboxylic acids is 1. The highest BCUT2D eigenvalue weighted by Crippen LogP contribution is 2.18. The average Bonchev–Trinajstić information content (AvgIpc) is 2.61. The van der Waals surface area contributed by atoms with Crippen molar-refractivity contribution < 1.29 is 9.53 Å². The first-order chi connectivity index (χ1) is 11.7. The predicted molar refractivity (Wildman–Crippen MR) is 96.8 cm³/mol. The second-order valence-electron chi connectivity index (χ2n) is 5.94. The monoisotopic (exact) mass is 325 g/mol. The van der Waals surface area contributed by atoms with E-state index in [1.165, 1.54) is 5.69 Å². The third-order valence-electron chi connectivity index (χ3n) is 3.99. The zero-order chi connectivity index (χ0) is 16.8. The quantitative estimate of drug-likeness (QED) is 0.886. The summed E-state index contributed by atoms with van der Waals surface area (Å²) >= 11 is 0. The summed E-state index contributed by atoms with van der Waals surface area (Å²) in [5.74, 6) is 0.547. The van der Waals surface area contributed by atoms with Crippen LogP contribution in [-0.2, 0) is 4.79 Å². The summed E-state index contributed by atoms with van der Waals surface area (Å²) < 4.78 is 5.51. The van der Waals surface area contributed by atoms with Crippen molar-refractivity contribution in [3.63, 3.8) is 0 Å². The summed E-state index contributed by atoms with van der Waals surface area (Å²) in [6.07, 6.45) is 0. The summed E-state index contributed by atoms with van der Waals surface area (Å²) in [5, 5.41) is 6.20. The number of piperazine rings is 1. The topological polar surface area (TPSA) is 53.6 Å². The summed E-state index contributed by atoms with van der Waals surface area (Å²) in [7, 11) is 0. The molecule has 0 saturated carbocycles. The van der Waals surface area contributed by atoms with Crippen molar-refractivity contribution >= 4 is 17.3 Å². The molecule has 5 nitrogen and oxygen atoms in total. The molecule has 5 heteroatoms. The van der Waals surface area contributed by atoms with E-state index in [1.54, 1.807) is 0 Å². The molecule has 1 aliphatic heterocycles. The standard InChI is InChI=1S/C19H23N3O2/c1-15-3-2-4-18(13-15)24-14-19(23)21-16-5-7-17(8-6-16)22-11-9-20-10-12-22/h2-8,13,20H,9-12,14H2,1H3,(H,21,23). The molecule has 1 saturated heterocycles. The van der Waals surface area contributed by atoms with Crippen LogP contribution in [0.4, 0.5) is 11.4 Å². The molecule has 1 heterocycles. The van der Waals surface area contributed by atoms with E-state index in [1.807, 2.05) is 55.5 Å². The lowest BCUT2D eigenvalue weighted by Crippen LogP contribution is -2.43. The second kappa shape index (κ2) is 7.84. The van der Waals surface area contributed by atoms with Crippen LogP contribution in [0.1, 0.15) is 5.56 Å². The first-order valence-electron chi connectivity index (χ1n) is 8.26. The maximum atomic E-state index is 12.0. The first kappa shape index (κ1) is 16.3. The largest absolute Gasteiger partial charge is 0.484 e. The van der Waals surface area contributed by atoms with Gasteiger partial charge in [-0.25, -0.2) is 0 Å². The number of rotatable bonds is 5. The normalized spacial score (nSPS) is 14.3. The van der Waals surface area contributed by atoms with Gasteiger partial charge >= 0.3 is 0 Å². The fraction of sp³-hybridized carbons (Fsp3) is 0.316. The van der Waals surface area contributed by atoms with Gasteiger partial charge < -0.3 is 20.3 Å². The fourth-order valence-corrected chi connectivity index (χ4v) is 2.73. The van der Waals surface area contributed by atoms with Crippen LogP contribution in [0.2, 0.25) is 0 Å². The van der Waals surface area contributed by atoms with Crippen LogP contribution in [0.5, 0.6) is 5.75 Å². The minimum Gasteiger partial charge on any atom is -0.484 e. The van der Waals surface area contributed by atoms with Crippen LogP contribution in [0, 0.1) is 6.92 Å². The Morgan fingerprint density at radius 2 is 1.92 bits per heavy atom. The smallest absolute Gasteiger partial charge is 0.262 e. The van der Waals surface area contributed by atoms with E-state index in [9.17, 15) is 4.79 Å². The van der Waals surface area contributed by atoms with E-state index in [-0.39, 0.29) is 12.5 Å². The molecule has 0 atom stereocenters. The number of nitrogens with zero attached hydrogens (tertiary/aromatic N) is 1. The summed E-state index contributed by atoms with van der Waals surface area (Å²) in [6.45, 7) is 6.03. The molecule has 126 valence electrons. The maximum absolute atomic E-state index is 12.0. The number of hydrogen-bond acceptors (Lipinski definition) is 4. The lowest BCUT2D eigenvalue weighted by atomic mass is 10.2. The highest BCUT2D eigenvalue weighted by molar-refractivity contribution is 5.92. The predicted octanol–water partition coefficient (Wildman–Crippen LogP) is 2.42. The van der Waals surface area contributed by atoms with E-state index in [2.05, 4.69) is 15.5 Å². The minimum atomic E-state index is -0.161. The van der Waals surface area contributed by atoms with Gasteiger partial charge in [-0.15, -0.1) is 0 Å². The van der Waals surface area contributed by atoms with Gasteiger partial charge in [0.1, 0.15) is 5.75 Å². The van der Waals surface area contributed by atoms with E-state index < -0.39 is 0 Å². The number of nitrogens with one attached hydrogen (secondary N) is 2. The Kier molecular flexibility index (Phi) is 5.33. The Morgan fingerprint density at radius 3 is 2.62 bits per heavy atom. The molecule has 1 amide bonds.